The van der Waals surface area contributed by atoms with Crippen LogP contribution in [0.25, 0.3) is 11.1 Å². The number of benzene rings is 3. The van der Waals surface area contributed by atoms with Gasteiger partial charge < -0.3 is 25.0 Å². The van der Waals surface area contributed by atoms with Gasteiger partial charge >= 0.3 is 0 Å². The molecule has 5 rings (SSSR count). The first kappa shape index (κ1) is 34.7. The molecule has 10 heteroatoms. The standard InChI is InChI=1S/C37H47N3O7/c41-24-26-11-13-29(14-12-26)34-21-33(23-40-19-5-8-32(40)25-42)46-37(47-34)30-17-15-28(16-18-30)31-7-4-6-27(20-31)22-38-35(43)9-2-1-3-10-36(44)39-45/h4,6-7,11-18,20,32-34,37,41-42,45H,1-3,5,8-10,19,21-25H2,(H,38,43)(H,39,44). The summed E-state index contributed by atoms with van der Waals surface area (Å²) in [5.74, 6) is -0.439. The summed E-state index contributed by atoms with van der Waals surface area (Å²) in [6, 6.07) is 24.4. The summed E-state index contributed by atoms with van der Waals surface area (Å²) in [4.78, 5) is 25.7. The quantitative estimate of drug-likeness (QED) is 0.0892. The molecule has 4 atom stereocenters. The number of unbranched alkanes of at least 4 members (excludes halogenated alkanes) is 2. The molecule has 47 heavy (non-hydrogen) atoms. The lowest BCUT2D eigenvalue weighted by Crippen LogP contribution is -2.42. The van der Waals surface area contributed by atoms with E-state index in [-0.39, 0.29) is 43.8 Å². The number of amides is 2. The van der Waals surface area contributed by atoms with Crippen molar-refractivity contribution < 1.29 is 34.5 Å². The molecule has 2 saturated heterocycles. The van der Waals surface area contributed by atoms with E-state index in [9.17, 15) is 19.8 Å². The van der Waals surface area contributed by atoms with E-state index in [1.165, 1.54) is 0 Å². The van der Waals surface area contributed by atoms with E-state index < -0.39 is 12.2 Å². The SMILES string of the molecule is O=C(CCCCCC(=O)NCc1cccc(-c2ccc(C3OC(CN4CCCC4CO)CC(c4ccc(CO)cc4)O3)cc2)c1)NO. The third-order valence-corrected chi connectivity index (χ3v) is 9.13. The maximum absolute atomic E-state index is 12.3. The van der Waals surface area contributed by atoms with E-state index >= 15 is 0 Å². The molecule has 252 valence electrons. The summed E-state index contributed by atoms with van der Waals surface area (Å²) in [7, 11) is 0. The number of hydroxylamine groups is 1. The number of aliphatic hydroxyl groups excluding tert-OH is 2. The Morgan fingerprint density at radius 1 is 0.830 bits per heavy atom. The fourth-order valence-electron chi connectivity index (χ4n) is 6.42. The number of hydrogen-bond donors (Lipinski definition) is 5. The number of nitrogens with zero attached hydrogens (tertiary/aromatic N) is 1. The Morgan fingerprint density at radius 3 is 2.30 bits per heavy atom. The minimum absolute atomic E-state index is 0.00190. The van der Waals surface area contributed by atoms with Crippen LogP contribution in [0.1, 0.15) is 86.0 Å². The molecule has 0 aliphatic carbocycles. The molecule has 0 aromatic heterocycles. The van der Waals surface area contributed by atoms with Crippen molar-refractivity contribution in [3.63, 3.8) is 0 Å². The van der Waals surface area contributed by atoms with Crippen molar-refractivity contribution in [3.05, 3.63) is 95.1 Å². The molecule has 2 aliphatic heterocycles. The predicted octanol–water partition coefficient (Wildman–Crippen LogP) is 4.92. The van der Waals surface area contributed by atoms with Gasteiger partial charge in [-0.3, -0.25) is 19.7 Å². The number of aliphatic hydroxyl groups is 2. The topological polar surface area (TPSA) is 141 Å². The zero-order valence-corrected chi connectivity index (χ0v) is 26.9. The van der Waals surface area contributed by atoms with Crippen LogP contribution in [0.2, 0.25) is 0 Å². The molecule has 0 spiro atoms. The summed E-state index contributed by atoms with van der Waals surface area (Å²) >= 11 is 0. The van der Waals surface area contributed by atoms with Gasteiger partial charge in [-0.15, -0.1) is 0 Å². The number of likely N-dealkylation sites (tertiary alicyclic amines) is 1. The number of carbonyl (C=O) groups excluding carboxylic acids is 2. The molecule has 5 N–H and O–H groups in total. The number of ether oxygens (including phenoxy) is 2. The van der Waals surface area contributed by atoms with Gasteiger partial charge in [0.05, 0.1) is 25.4 Å². The van der Waals surface area contributed by atoms with Gasteiger partial charge in [0.15, 0.2) is 6.29 Å². The molecule has 2 fully saturated rings. The van der Waals surface area contributed by atoms with E-state index in [0.29, 0.717) is 32.2 Å². The molecule has 0 bridgehead atoms. The first-order valence-corrected chi connectivity index (χ1v) is 16.7. The van der Waals surface area contributed by atoms with Crippen LogP contribution in [-0.2, 0) is 32.2 Å². The van der Waals surface area contributed by atoms with E-state index in [2.05, 4.69) is 28.4 Å². The van der Waals surface area contributed by atoms with Crippen molar-refractivity contribution in [2.24, 2.45) is 0 Å². The fraction of sp³-hybridized carbons (Fsp3) is 0.459. The molecule has 3 aromatic carbocycles. The van der Waals surface area contributed by atoms with E-state index in [1.54, 1.807) is 5.48 Å². The highest BCUT2D eigenvalue weighted by Crippen LogP contribution is 2.39. The van der Waals surface area contributed by atoms with Gasteiger partial charge in [-0.2, -0.15) is 0 Å². The predicted molar refractivity (Wildman–Crippen MR) is 177 cm³/mol. The molecule has 0 saturated carbocycles. The van der Waals surface area contributed by atoms with Crippen molar-refractivity contribution in [1.29, 1.82) is 0 Å². The molecule has 2 heterocycles. The highest BCUT2D eigenvalue weighted by atomic mass is 16.7. The van der Waals surface area contributed by atoms with Crippen molar-refractivity contribution in [3.8, 4) is 11.1 Å². The second kappa shape index (κ2) is 17.5. The van der Waals surface area contributed by atoms with E-state index in [0.717, 1.165) is 65.7 Å². The van der Waals surface area contributed by atoms with Crippen LogP contribution in [-0.4, -0.2) is 64.0 Å². The number of carbonyl (C=O) groups is 2. The van der Waals surface area contributed by atoms with Crippen molar-refractivity contribution >= 4 is 11.8 Å². The van der Waals surface area contributed by atoms with Crippen LogP contribution in [0.4, 0.5) is 0 Å². The van der Waals surface area contributed by atoms with E-state index in [1.807, 2.05) is 54.6 Å². The Kier molecular flexibility index (Phi) is 12.9. The first-order valence-electron chi connectivity index (χ1n) is 16.7. The molecule has 4 unspecified atom stereocenters. The normalized spacial score (nSPS) is 21.4. The van der Waals surface area contributed by atoms with Gasteiger partial charge in [-0.1, -0.05) is 73.2 Å². The Balaban J connectivity index is 1.20. The molecular weight excluding hydrogens is 598 g/mol. The number of nitrogens with one attached hydrogen (secondary N) is 2. The summed E-state index contributed by atoms with van der Waals surface area (Å²) in [6.07, 6.45) is 4.69. The second-order valence-electron chi connectivity index (χ2n) is 12.5. The van der Waals surface area contributed by atoms with Gasteiger partial charge in [-0.05, 0) is 66.1 Å². The van der Waals surface area contributed by atoms with Gasteiger partial charge in [0.2, 0.25) is 11.8 Å². The van der Waals surface area contributed by atoms with Gasteiger partial charge in [-0.25, -0.2) is 5.48 Å². The zero-order chi connectivity index (χ0) is 33.0. The van der Waals surface area contributed by atoms with Crippen LogP contribution in [0.5, 0.6) is 0 Å². The summed E-state index contributed by atoms with van der Waals surface area (Å²) in [5.41, 5.74) is 7.54. The Labute approximate surface area is 276 Å². The zero-order valence-electron chi connectivity index (χ0n) is 26.9. The third-order valence-electron chi connectivity index (χ3n) is 9.13. The van der Waals surface area contributed by atoms with Crippen LogP contribution in [0, 0.1) is 0 Å². The molecular formula is C37H47N3O7. The van der Waals surface area contributed by atoms with Crippen LogP contribution in [0.3, 0.4) is 0 Å². The average Bonchev–Trinajstić information content (AvgIpc) is 3.57. The molecule has 2 aliphatic rings. The maximum atomic E-state index is 12.3. The van der Waals surface area contributed by atoms with Gasteiger partial charge in [0.1, 0.15) is 0 Å². The van der Waals surface area contributed by atoms with E-state index in [4.69, 9.17) is 14.7 Å². The summed E-state index contributed by atoms with van der Waals surface area (Å²) < 4.78 is 13.1. The summed E-state index contributed by atoms with van der Waals surface area (Å²) in [5, 5.41) is 30.9. The Bertz CT molecular complexity index is 1430. The van der Waals surface area contributed by atoms with Crippen molar-refractivity contribution in [2.45, 2.75) is 89.1 Å². The smallest absolute Gasteiger partial charge is 0.243 e. The van der Waals surface area contributed by atoms with Crippen molar-refractivity contribution in [2.75, 3.05) is 19.7 Å². The largest absolute Gasteiger partial charge is 0.395 e. The Morgan fingerprint density at radius 2 is 1.57 bits per heavy atom. The van der Waals surface area contributed by atoms with Crippen LogP contribution in [0.15, 0.2) is 72.8 Å². The third kappa shape index (κ3) is 9.93. The van der Waals surface area contributed by atoms with Gasteiger partial charge in [0, 0.05) is 44.0 Å². The molecule has 10 nitrogen and oxygen atoms in total. The molecule has 3 aromatic rings. The first-order chi connectivity index (χ1) is 22.9. The lowest BCUT2D eigenvalue weighted by atomic mass is 9.98. The molecule has 0 radical (unpaired) electrons. The lowest BCUT2D eigenvalue weighted by Gasteiger charge is -2.38. The minimum atomic E-state index is -0.547. The average molecular weight is 646 g/mol. The second-order valence-corrected chi connectivity index (χ2v) is 12.5. The lowest BCUT2D eigenvalue weighted by molar-refractivity contribution is -0.253. The van der Waals surface area contributed by atoms with Crippen LogP contribution < -0.4 is 10.8 Å². The Hall–Kier alpha value is -3.64. The monoisotopic (exact) mass is 645 g/mol. The van der Waals surface area contributed by atoms with Gasteiger partial charge in [0.25, 0.3) is 0 Å². The molecule has 2 amide bonds. The maximum Gasteiger partial charge on any atom is 0.243 e. The minimum Gasteiger partial charge on any atom is -0.395 e. The highest BCUT2D eigenvalue weighted by Gasteiger charge is 2.35. The van der Waals surface area contributed by atoms with Crippen LogP contribution >= 0.6 is 0 Å². The fourth-order valence-corrected chi connectivity index (χ4v) is 6.42. The number of hydrogen-bond acceptors (Lipinski definition) is 8. The summed E-state index contributed by atoms with van der Waals surface area (Å²) in [6.45, 7) is 2.27. The number of rotatable bonds is 15. The van der Waals surface area contributed by atoms with Crippen molar-refractivity contribution in [1.82, 2.24) is 15.7 Å². The highest BCUT2D eigenvalue weighted by molar-refractivity contribution is 5.76.